The van der Waals surface area contributed by atoms with Gasteiger partial charge in [-0.3, -0.25) is 0 Å². The minimum absolute atomic E-state index is 0. The first kappa shape index (κ1) is 18.8. The van der Waals surface area contributed by atoms with Gasteiger partial charge in [-0.2, -0.15) is 0 Å². The van der Waals surface area contributed by atoms with Gasteiger partial charge in [0.15, 0.2) is 0 Å². The number of hydrogen-bond acceptors (Lipinski definition) is 4. The average Bonchev–Trinajstić information content (AvgIpc) is 2.25. The molecule has 18 heavy (non-hydrogen) atoms. The maximum atomic E-state index is 11.3. The van der Waals surface area contributed by atoms with Crippen LogP contribution in [-0.4, -0.2) is 30.0 Å². The zero-order valence-electron chi connectivity index (χ0n) is 9.64. The fourth-order valence-electron chi connectivity index (χ4n) is 1.07. The van der Waals surface area contributed by atoms with Crippen LogP contribution in [0.25, 0.3) is 0 Å². The molecule has 0 heterocycles. The van der Waals surface area contributed by atoms with Crippen LogP contribution >= 0.6 is 22.6 Å². The molecule has 0 bridgehead atoms. The molecule has 1 aromatic rings. The fourth-order valence-corrected chi connectivity index (χ4v) is 1.85. The Morgan fingerprint density at radius 3 is 2.61 bits per heavy atom. The van der Waals surface area contributed by atoms with Gasteiger partial charge in [0.2, 0.25) is 0 Å². The summed E-state index contributed by atoms with van der Waals surface area (Å²) in [6.07, 6.45) is 0. The zero-order valence-corrected chi connectivity index (χ0v) is 15.7. The van der Waals surface area contributed by atoms with E-state index in [-0.39, 0.29) is 62.0 Å². The molecular weight excluding hydrogens is 398 g/mol. The number of rotatable bonds is 4. The first-order valence-corrected chi connectivity index (χ1v) is 7.53. The van der Waals surface area contributed by atoms with Crippen molar-refractivity contribution in [2.24, 2.45) is 0 Å². The number of halogens is 1. The second-order valence-corrected chi connectivity index (χ2v) is 5.51. The molecule has 0 atom stereocenters. The molecule has 9 heteroatoms. The van der Waals surface area contributed by atoms with Crippen LogP contribution < -0.4 is 62.0 Å². The van der Waals surface area contributed by atoms with Crippen molar-refractivity contribution in [3.8, 4) is 0 Å². The number of amides is 2. The predicted octanol–water partition coefficient (Wildman–Crippen LogP) is -1.85. The summed E-state index contributed by atoms with van der Waals surface area (Å²) in [6.45, 7) is 0.506. The number of carbonyl (C=O) groups excluding carboxylic acids is 1. The van der Waals surface area contributed by atoms with Crippen molar-refractivity contribution in [3.63, 3.8) is 0 Å². The number of alkyl halides is 1. The van der Waals surface area contributed by atoms with E-state index in [1.807, 2.05) is 0 Å². The molecule has 0 aromatic heterocycles. The maximum Gasteiger partial charge on any atom is 1.00 e. The van der Waals surface area contributed by atoms with Crippen LogP contribution in [0.5, 0.6) is 0 Å². The Hall–Kier alpha value is 0.766. The molecule has 0 radical (unpaired) electrons. The minimum Gasteiger partial charge on any atom is -0.744 e. The normalized spacial score (nSPS) is 10.3. The smallest absolute Gasteiger partial charge is 0.744 e. The van der Waals surface area contributed by atoms with Crippen molar-refractivity contribution >= 4 is 44.4 Å². The van der Waals surface area contributed by atoms with Crippen LogP contribution in [0, 0.1) is 0 Å². The molecule has 2 N–H and O–H groups in total. The third kappa shape index (κ3) is 6.79. The third-order valence-electron chi connectivity index (χ3n) is 1.76. The van der Waals surface area contributed by atoms with Gasteiger partial charge in [-0.05, 0) is 18.2 Å². The molecule has 0 aliphatic carbocycles. The van der Waals surface area contributed by atoms with Gasteiger partial charge in [0.05, 0.1) is 4.90 Å². The van der Waals surface area contributed by atoms with E-state index >= 15 is 0 Å². The Kier molecular flexibility index (Phi) is 9.22. The topological polar surface area (TPSA) is 98.3 Å². The van der Waals surface area contributed by atoms with Gasteiger partial charge in [0.25, 0.3) is 0 Å². The minimum atomic E-state index is -4.50. The molecule has 0 saturated carbocycles. The zero-order chi connectivity index (χ0) is 12.9. The van der Waals surface area contributed by atoms with E-state index in [0.29, 0.717) is 6.54 Å². The number of anilines is 1. The number of nitrogens with one attached hydrogen (secondary N) is 2. The van der Waals surface area contributed by atoms with E-state index in [4.69, 9.17) is 0 Å². The molecule has 0 spiro atoms. The first-order valence-electron chi connectivity index (χ1n) is 4.60. The Labute approximate surface area is 162 Å². The van der Waals surface area contributed by atoms with Gasteiger partial charge in [-0.1, -0.05) is 28.7 Å². The van der Waals surface area contributed by atoms with Gasteiger partial charge in [-0.25, -0.2) is 13.2 Å². The second kappa shape index (κ2) is 8.84. The van der Waals surface area contributed by atoms with Crippen molar-refractivity contribution < 1.29 is 69.1 Å². The summed E-state index contributed by atoms with van der Waals surface area (Å²) in [4.78, 5) is 10.9. The summed E-state index contributed by atoms with van der Waals surface area (Å²) in [7, 11) is -4.50. The molecule has 0 fully saturated rings. The quantitative estimate of drug-likeness (QED) is 0.265. The second-order valence-electron chi connectivity index (χ2n) is 3.05. The maximum absolute atomic E-state index is 11.3. The van der Waals surface area contributed by atoms with Gasteiger partial charge in [-0.15, -0.1) is 0 Å². The van der Waals surface area contributed by atoms with Crippen molar-refractivity contribution in [2.45, 2.75) is 4.90 Å². The van der Waals surface area contributed by atoms with Crippen molar-refractivity contribution in [3.05, 3.63) is 24.3 Å². The summed E-state index contributed by atoms with van der Waals surface area (Å²) < 4.78 is 33.0. The molecule has 6 nitrogen and oxygen atoms in total. The molecule has 0 saturated heterocycles. The Balaban J connectivity index is 0.00000289. The van der Waals surface area contributed by atoms with Crippen molar-refractivity contribution in [1.29, 1.82) is 0 Å². The fraction of sp³-hybridized carbons (Fsp3) is 0.222. The van der Waals surface area contributed by atoms with Gasteiger partial charge >= 0.3 is 57.4 Å². The molecule has 94 valence electrons. The number of carbonyl (C=O) groups is 1. The van der Waals surface area contributed by atoms with Crippen LogP contribution in [-0.2, 0) is 10.1 Å². The van der Waals surface area contributed by atoms with Crippen LogP contribution in [0.3, 0.4) is 0 Å². The summed E-state index contributed by atoms with van der Waals surface area (Å²) in [5.41, 5.74) is 0.257. The number of benzene rings is 1. The van der Waals surface area contributed by atoms with Crippen LogP contribution in [0.4, 0.5) is 10.5 Å². The Bertz CT molecular complexity index is 509. The van der Waals surface area contributed by atoms with E-state index in [2.05, 4.69) is 33.2 Å². The molecule has 1 rings (SSSR count). The summed E-state index contributed by atoms with van der Waals surface area (Å²) in [5, 5.41) is 4.99. The number of urea groups is 1. The summed E-state index contributed by atoms with van der Waals surface area (Å²) >= 11 is 2.10. The average molecular weight is 408 g/mol. The predicted molar refractivity (Wildman–Crippen MR) is 70.3 cm³/mol. The van der Waals surface area contributed by atoms with Crippen molar-refractivity contribution in [2.75, 3.05) is 16.3 Å². The van der Waals surface area contributed by atoms with E-state index in [1.165, 1.54) is 18.2 Å². The van der Waals surface area contributed by atoms with Gasteiger partial charge < -0.3 is 15.2 Å². The van der Waals surface area contributed by atoms with Crippen molar-refractivity contribution in [1.82, 2.24) is 5.32 Å². The van der Waals surface area contributed by atoms with Crippen LogP contribution in [0.15, 0.2) is 29.2 Å². The van der Waals surface area contributed by atoms with Crippen LogP contribution in [0.2, 0.25) is 0 Å². The summed E-state index contributed by atoms with van der Waals surface area (Å²) in [6, 6.07) is 4.74. The first-order chi connectivity index (χ1) is 7.93. The van der Waals surface area contributed by atoms with Gasteiger partial charge in [0.1, 0.15) is 10.1 Å². The molecule has 0 aliphatic heterocycles. The SMILES string of the molecule is O=C(NCCI)Nc1cccc(S(=O)(=O)[O-])c1.[K+]. The molecule has 0 unspecified atom stereocenters. The monoisotopic (exact) mass is 408 g/mol. The van der Waals surface area contributed by atoms with E-state index < -0.39 is 16.1 Å². The van der Waals surface area contributed by atoms with E-state index in [0.717, 1.165) is 10.5 Å². The van der Waals surface area contributed by atoms with Crippen LogP contribution in [0.1, 0.15) is 0 Å². The summed E-state index contributed by atoms with van der Waals surface area (Å²) in [5.74, 6) is 0. The standard InChI is InChI=1S/C9H11IN2O4S.K/c10-4-5-11-9(13)12-7-2-1-3-8(6-7)17(14,15)16;/h1-3,6H,4-5H2,(H2,11,12,13)(H,14,15,16);/q;+1/p-1. The Morgan fingerprint density at radius 1 is 1.39 bits per heavy atom. The van der Waals surface area contributed by atoms with E-state index in [1.54, 1.807) is 0 Å². The molecule has 0 aliphatic rings. The third-order valence-corrected chi connectivity index (χ3v) is 3.13. The molecular formula is C9H10IKN2O4S. The Morgan fingerprint density at radius 2 is 2.06 bits per heavy atom. The molecule has 1 aromatic carbocycles. The molecule has 2 amide bonds. The van der Waals surface area contributed by atoms with E-state index in [9.17, 15) is 17.8 Å². The largest absolute Gasteiger partial charge is 1.00 e. The number of hydrogen-bond donors (Lipinski definition) is 2. The van der Waals surface area contributed by atoms with Gasteiger partial charge in [0, 0.05) is 16.7 Å².